The molecule has 3 nitrogen and oxygen atoms in total. The van der Waals surface area contributed by atoms with Crippen molar-refractivity contribution in [3.05, 3.63) is 78.1 Å². The van der Waals surface area contributed by atoms with Crippen LogP contribution in [-0.2, 0) is 0 Å². The number of carbonyl (C=O) groups excluding carboxylic acids is 1. The largest absolute Gasteiger partial charge is 0.295 e. The zero-order chi connectivity index (χ0) is 15.4. The zero-order valence-electron chi connectivity index (χ0n) is 12.3. The molecule has 0 aliphatic heterocycles. The number of carbonyl (C=O) groups is 1. The van der Waals surface area contributed by atoms with Gasteiger partial charge in [0.2, 0.25) is 0 Å². The Morgan fingerprint density at radius 2 is 1.82 bits per heavy atom. The highest BCUT2D eigenvalue weighted by Gasteiger charge is 2.11. The quantitative estimate of drug-likeness (QED) is 0.524. The maximum atomic E-state index is 12.2. The van der Waals surface area contributed by atoms with Crippen molar-refractivity contribution in [2.24, 2.45) is 0 Å². The number of aryl methyl sites for hydroxylation is 1. The number of benzene rings is 2. The maximum Gasteiger partial charge on any atom is 0.173 e. The van der Waals surface area contributed by atoms with Gasteiger partial charge in [-0.2, -0.15) is 0 Å². The van der Waals surface area contributed by atoms with E-state index in [-0.39, 0.29) is 5.78 Å². The molecule has 0 spiro atoms. The number of aromatic nitrogens is 2. The van der Waals surface area contributed by atoms with E-state index in [1.54, 1.807) is 6.20 Å². The lowest BCUT2D eigenvalue weighted by Crippen LogP contribution is -2.04. The molecule has 1 heterocycles. The Morgan fingerprint density at radius 1 is 1.09 bits per heavy atom. The number of para-hydroxylation sites is 1. The molecule has 0 bridgehead atoms. The third-order valence-electron chi connectivity index (χ3n) is 3.41. The van der Waals surface area contributed by atoms with Crippen LogP contribution < -0.4 is 0 Å². The highest BCUT2D eigenvalue weighted by atomic mass is 32.2. The molecule has 110 valence electrons. The molecule has 0 aliphatic carbocycles. The number of thioether (sulfide) groups is 1. The molecular formula is C18H16N2OS. The predicted molar refractivity (Wildman–Crippen MR) is 89.8 cm³/mol. The number of imidazole rings is 1. The van der Waals surface area contributed by atoms with Crippen molar-refractivity contribution in [1.82, 2.24) is 9.55 Å². The van der Waals surface area contributed by atoms with E-state index in [1.807, 2.05) is 53.2 Å². The second-order valence-corrected chi connectivity index (χ2v) is 5.89. The summed E-state index contributed by atoms with van der Waals surface area (Å²) in [6, 6.07) is 17.5. The van der Waals surface area contributed by atoms with Gasteiger partial charge < -0.3 is 0 Å². The van der Waals surface area contributed by atoms with Gasteiger partial charge in [0.1, 0.15) is 0 Å². The first-order chi connectivity index (χ1) is 10.8. The van der Waals surface area contributed by atoms with Gasteiger partial charge in [0.25, 0.3) is 0 Å². The van der Waals surface area contributed by atoms with E-state index < -0.39 is 0 Å². The van der Waals surface area contributed by atoms with Crippen LogP contribution in [0.3, 0.4) is 0 Å². The molecule has 1 aromatic heterocycles. The average molecular weight is 308 g/mol. The lowest BCUT2D eigenvalue weighted by atomic mass is 10.2. The Labute approximate surface area is 134 Å². The van der Waals surface area contributed by atoms with E-state index in [9.17, 15) is 4.79 Å². The van der Waals surface area contributed by atoms with Gasteiger partial charge in [-0.25, -0.2) is 4.98 Å². The number of hydrogen-bond acceptors (Lipinski definition) is 3. The van der Waals surface area contributed by atoms with Gasteiger partial charge in [0.05, 0.1) is 11.4 Å². The van der Waals surface area contributed by atoms with Crippen molar-refractivity contribution >= 4 is 17.5 Å². The second kappa shape index (κ2) is 6.62. The summed E-state index contributed by atoms with van der Waals surface area (Å²) >= 11 is 1.46. The minimum atomic E-state index is 0.116. The first kappa shape index (κ1) is 14.6. The van der Waals surface area contributed by atoms with E-state index in [2.05, 4.69) is 24.0 Å². The van der Waals surface area contributed by atoms with Crippen molar-refractivity contribution in [1.29, 1.82) is 0 Å². The summed E-state index contributed by atoms with van der Waals surface area (Å²) in [5.41, 5.74) is 3.01. The second-order valence-electron chi connectivity index (χ2n) is 4.94. The van der Waals surface area contributed by atoms with Crippen LogP contribution in [0, 0.1) is 6.92 Å². The lowest BCUT2D eigenvalue weighted by molar-refractivity contribution is 0.102. The molecule has 4 heteroatoms. The van der Waals surface area contributed by atoms with Gasteiger partial charge in [0, 0.05) is 18.0 Å². The minimum Gasteiger partial charge on any atom is -0.295 e. The third-order valence-corrected chi connectivity index (χ3v) is 4.38. The fourth-order valence-corrected chi connectivity index (χ4v) is 3.11. The molecule has 0 aliphatic rings. The lowest BCUT2D eigenvalue weighted by Gasteiger charge is -2.10. The van der Waals surface area contributed by atoms with Crippen molar-refractivity contribution < 1.29 is 4.79 Å². The summed E-state index contributed by atoms with van der Waals surface area (Å²) in [6.07, 6.45) is 3.69. The van der Waals surface area contributed by atoms with Crippen molar-refractivity contribution in [2.45, 2.75) is 12.1 Å². The average Bonchev–Trinajstić information content (AvgIpc) is 3.02. The van der Waals surface area contributed by atoms with Crippen molar-refractivity contribution in [2.75, 3.05) is 5.75 Å². The summed E-state index contributed by atoms with van der Waals surface area (Å²) < 4.78 is 2.03. The van der Waals surface area contributed by atoms with Crippen LogP contribution >= 0.6 is 11.8 Å². The van der Waals surface area contributed by atoms with Crippen LogP contribution in [0.4, 0.5) is 0 Å². The van der Waals surface area contributed by atoms with E-state index >= 15 is 0 Å². The molecule has 3 aromatic rings. The summed E-state index contributed by atoms with van der Waals surface area (Å²) in [7, 11) is 0. The van der Waals surface area contributed by atoms with Crippen LogP contribution in [0.1, 0.15) is 15.9 Å². The first-order valence-electron chi connectivity index (χ1n) is 7.06. The van der Waals surface area contributed by atoms with E-state index in [1.165, 1.54) is 17.3 Å². The van der Waals surface area contributed by atoms with E-state index in [4.69, 9.17) is 0 Å². The summed E-state index contributed by atoms with van der Waals surface area (Å²) in [4.78, 5) is 16.6. The van der Waals surface area contributed by atoms with Crippen molar-refractivity contribution in [3.63, 3.8) is 0 Å². The Hall–Kier alpha value is -2.33. The van der Waals surface area contributed by atoms with Crippen molar-refractivity contribution in [3.8, 4) is 5.69 Å². The SMILES string of the molecule is Cc1ccccc1-n1ccnc1SCC(=O)c1ccccc1. The Kier molecular flexibility index (Phi) is 4.39. The van der Waals surface area contributed by atoms with Gasteiger partial charge in [-0.1, -0.05) is 60.3 Å². The highest BCUT2D eigenvalue weighted by molar-refractivity contribution is 7.99. The van der Waals surface area contributed by atoms with E-state index in [0.29, 0.717) is 5.75 Å². The fraction of sp³-hybridized carbons (Fsp3) is 0.111. The molecule has 0 unspecified atom stereocenters. The molecule has 0 fully saturated rings. The predicted octanol–water partition coefficient (Wildman–Crippen LogP) is 4.16. The molecule has 22 heavy (non-hydrogen) atoms. The molecular weight excluding hydrogens is 292 g/mol. The number of nitrogens with zero attached hydrogens (tertiary/aromatic N) is 2. The topological polar surface area (TPSA) is 34.9 Å². The summed E-state index contributed by atoms with van der Waals surface area (Å²) in [5, 5.41) is 0.832. The zero-order valence-corrected chi connectivity index (χ0v) is 13.1. The minimum absolute atomic E-state index is 0.116. The number of Topliss-reactive ketones (excluding diaryl/α,β-unsaturated/α-hetero) is 1. The monoisotopic (exact) mass is 308 g/mol. The van der Waals surface area contributed by atoms with Gasteiger partial charge in [-0.3, -0.25) is 9.36 Å². The normalized spacial score (nSPS) is 10.6. The summed E-state index contributed by atoms with van der Waals surface area (Å²) in [5.74, 6) is 0.498. The highest BCUT2D eigenvalue weighted by Crippen LogP contribution is 2.23. The van der Waals surface area contributed by atoms with Gasteiger partial charge in [0.15, 0.2) is 10.9 Å². The molecule has 0 N–H and O–H groups in total. The third kappa shape index (κ3) is 3.12. The maximum absolute atomic E-state index is 12.2. The first-order valence-corrected chi connectivity index (χ1v) is 8.04. The molecule has 0 atom stereocenters. The van der Waals surface area contributed by atoms with Gasteiger partial charge in [-0.15, -0.1) is 0 Å². The fourth-order valence-electron chi connectivity index (χ4n) is 2.25. The van der Waals surface area contributed by atoms with Crippen LogP contribution in [0.25, 0.3) is 5.69 Å². The molecule has 0 saturated carbocycles. The number of hydrogen-bond donors (Lipinski definition) is 0. The molecule has 0 amide bonds. The Balaban J connectivity index is 1.77. The van der Waals surface area contributed by atoms with E-state index in [0.717, 1.165) is 16.4 Å². The number of ketones is 1. The molecule has 2 aromatic carbocycles. The smallest absolute Gasteiger partial charge is 0.173 e. The van der Waals surface area contributed by atoms with Gasteiger partial charge >= 0.3 is 0 Å². The van der Waals surface area contributed by atoms with Crippen LogP contribution in [0.15, 0.2) is 72.1 Å². The van der Waals surface area contributed by atoms with Crippen LogP contribution in [0.5, 0.6) is 0 Å². The van der Waals surface area contributed by atoms with Gasteiger partial charge in [-0.05, 0) is 18.6 Å². The molecule has 0 radical (unpaired) electrons. The van der Waals surface area contributed by atoms with Crippen LogP contribution in [0.2, 0.25) is 0 Å². The summed E-state index contributed by atoms with van der Waals surface area (Å²) in [6.45, 7) is 2.07. The standard InChI is InChI=1S/C18H16N2OS/c1-14-7-5-6-10-16(14)20-12-11-19-18(20)22-13-17(21)15-8-3-2-4-9-15/h2-12H,13H2,1H3. The number of rotatable bonds is 5. The molecule has 3 rings (SSSR count). The Morgan fingerprint density at radius 3 is 2.59 bits per heavy atom. The van der Waals surface area contributed by atoms with Crippen LogP contribution in [-0.4, -0.2) is 21.1 Å². The Bertz CT molecular complexity index is 781. The molecule has 0 saturated heterocycles.